The number of hydrogen-bond acceptors (Lipinski definition) is 6. The van der Waals surface area contributed by atoms with E-state index in [-0.39, 0.29) is 30.4 Å². The zero-order valence-corrected chi connectivity index (χ0v) is 18.6. The van der Waals surface area contributed by atoms with Crippen molar-refractivity contribution in [1.82, 2.24) is 5.32 Å². The lowest BCUT2D eigenvalue weighted by Gasteiger charge is -2.30. The molecule has 0 aromatic heterocycles. The number of nitrogens with one attached hydrogen (secondary N) is 1. The van der Waals surface area contributed by atoms with Gasteiger partial charge in [-0.2, -0.15) is 0 Å². The maximum atomic E-state index is 13.1. The zero-order valence-electron chi connectivity index (χ0n) is 18.6. The summed E-state index contributed by atoms with van der Waals surface area (Å²) < 4.78 is 16.6. The van der Waals surface area contributed by atoms with Gasteiger partial charge < -0.3 is 24.6 Å². The lowest BCUT2D eigenvalue weighted by Crippen LogP contribution is -2.41. The van der Waals surface area contributed by atoms with Gasteiger partial charge in [-0.3, -0.25) is 4.79 Å². The van der Waals surface area contributed by atoms with E-state index in [1.54, 1.807) is 12.1 Å². The molecule has 2 aliphatic carbocycles. The number of aliphatic hydroxyl groups excluding tert-OH is 1. The minimum absolute atomic E-state index is 0.0703. The van der Waals surface area contributed by atoms with Gasteiger partial charge in [0, 0.05) is 25.0 Å². The Morgan fingerprint density at radius 3 is 2.59 bits per heavy atom. The van der Waals surface area contributed by atoms with Gasteiger partial charge in [0.25, 0.3) is 5.91 Å². The molecule has 7 nitrogen and oxygen atoms in total. The molecular formula is C25H33NO6. The van der Waals surface area contributed by atoms with Gasteiger partial charge in [-0.05, 0) is 67.7 Å². The number of amides is 1. The summed E-state index contributed by atoms with van der Waals surface area (Å²) in [5.74, 6) is 1.00. The fourth-order valence-electron chi connectivity index (χ4n) is 5.22. The van der Waals surface area contributed by atoms with Crippen molar-refractivity contribution in [3.05, 3.63) is 47.2 Å². The molecule has 1 aromatic rings. The molecule has 32 heavy (non-hydrogen) atoms. The van der Waals surface area contributed by atoms with E-state index in [0.717, 1.165) is 24.3 Å². The van der Waals surface area contributed by atoms with Crippen LogP contribution in [0.4, 0.5) is 0 Å². The SMILES string of the molecule is COC(=O)c1ccc([C@H]2C=C(C(=O)NC3CC4CCC3C4)O[C@@H](OCCCCO)C2)cc1. The number of aliphatic hydroxyl groups is 1. The summed E-state index contributed by atoms with van der Waals surface area (Å²) in [6, 6.07) is 7.46. The molecule has 4 rings (SSSR count). The Morgan fingerprint density at radius 1 is 1.12 bits per heavy atom. The van der Waals surface area contributed by atoms with Crippen LogP contribution in [0.2, 0.25) is 0 Å². The molecule has 2 N–H and O–H groups in total. The van der Waals surface area contributed by atoms with Crippen molar-refractivity contribution in [3.63, 3.8) is 0 Å². The number of fused-ring (bicyclic) bond motifs is 2. The molecular weight excluding hydrogens is 410 g/mol. The van der Waals surface area contributed by atoms with Crippen molar-refractivity contribution in [3.8, 4) is 0 Å². The van der Waals surface area contributed by atoms with Crippen molar-refractivity contribution < 1.29 is 28.9 Å². The van der Waals surface area contributed by atoms with Crippen molar-refractivity contribution in [2.45, 2.75) is 63.2 Å². The Balaban J connectivity index is 1.46. The highest BCUT2D eigenvalue weighted by molar-refractivity contribution is 5.92. The van der Waals surface area contributed by atoms with E-state index in [4.69, 9.17) is 19.3 Å². The second-order valence-corrected chi connectivity index (χ2v) is 9.09. The van der Waals surface area contributed by atoms with Crippen LogP contribution in [0, 0.1) is 11.8 Å². The van der Waals surface area contributed by atoms with Crippen LogP contribution in [0.25, 0.3) is 0 Å². The Kier molecular flexibility index (Phi) is 7.48. The quantitative estimate of drug-likeness (QED) is 0.449. The first kappa shape index (κ1) is 22.8. The van der Waals surface area contributed by atoms with E-state index in [0.29, 0.717) is 36.7 Å². The summed E-state index contributed by atoms with van der Waals surface area (Å²) >= 11 is 0. The molecule has 5 atom stereocenters. The normalized spacial score (nSPS) is 28.7. The number of esters is 1. The zero-order chi connectivity index (χ0) is 22.5. The van der Waals surface area contributed by atoms with Gasteiger partial charge in [-0.15, -0.1) is 0 Å². The number of unbranched alkanes of at least 4 members (excludes halogenated alkanes) is 1. The summed E-state index contributed by atoms with van der Waals surface area (Å²) in [5, 5.41) is 12.2. The minimum Gasteiger partial charge on any atom is -0.465 e. The molecule has 7 heteroatoms. The van der Waals surface area contributed by atoms with E-state index in [1.807, 2.05) is 18.2 Å². The molecule has 1 amide bonds. The van der Waals surface area contributed by atoms with Crippen LogP contribution < -0.4 is 5.32 Å². The predicted molar refractivity (Wildman–Crippen MR) is 118 cm³/mol. The van der Waals surface area contributed by atoms with E-state index < -0.39 is 6.29 Å². The maximum absolute atomic E-state index is 13.1. The molecule has 2 bridgehead atoms. The summed E-state index contributed by atoms with van der Waals surface area (Å²) in [5.41, 5.74) is 1.47. The second-order valence-electron chi connectivity index (χ2n) is 9.09. The van der Waals surface area contributed by atoms with Gasteiger partial charge in [0.1, 0.15) is 0 Å². The Hall–Kier alpha value is -2.38. The maximum Gasteiger partial charge on any atom is 0.337 e. The molecule has 1 aromatic carbocycles. The van der Waals surface area contributed by atoms with Crippen LogP contribution in [0.1, 0.15) is 66.8 Å². The first-order valence-electron chi connectivity index (χ1n) is 11.7. The predicted octanol–water partition coefficient (Wildman–Crippen LogP) is 3.28. The second kappa shape index (κ2) is 10.5. The van der Waals surface area contributed by atoms with Crippen LogP contribution in [0.5, 0.6) is 0 Å². The Bertz CT molecular complexity index is 835. The molecule has 2 saturated carbocycles. The third-order valence-electron chi connectivity index (χ3n) is 6.95. The van der Waals surface area contributed by atoms with Gasteiger partial charge in [-0.25, -0.2) is 4.79 Å². The molecule has 0 spiro atoms. The van der Waals surface area contributed by atoms with Gasteiger partial charge in [0.2, 0.25) is 6.29 Å². The number of carbonyl (C=O) groups is 2. The smallest absolute Gasteiger partial charge is 0.337 e. The third-order valence-corrected chi connectivity index (χ3v) is 6.95. The first-order valence-corrected chi connectivity index (χ1v) is 11.7. The highest BCUT2D eigenvalue weighted by Gasteiger charge is 2.41. The van der Waals surface area contributed by atoms with Crippen molar-refractivity contribution in [2.24, 2.45) is 11.8 Å². The van der Waals surface area contributed by atoms with Crippen molar-refractivity contribution in [2.75, 3.05) is 20.3 Å². The molecule has 0 saturated heterocycles. The fraction of sp³-hybridized carbons (Fsp3) is 0.600. The van der Waals surface area contributed by atoms with E-state index in [9.17, 15) is 9.59 Å². The summed E-state index contributed by atoms with van der Waals surface area (Å²) in [4.78, 5) is 24.8. The number of hydrogen-bond donors (Lipinski definition) is 2. The van der Waals surface area contributed by atoms with E-state index >= 15 is 0 Å². The van der Waals surface area contributed by atoms with E-state index in [1.165, 1.54) is 26.4 Å². The monoisotopic (exact) mass is 443 g/mol. The number of allylic oxidation sites excluding steroid dienone is 1. The Labute approximate surface area is 189 Å². The first-order chi connectivity index (χ1) is 15.6. The van der Waals surface area contributed by atoms with Crippen LogP contribution in [0.3, 0.4) is 0 Å². The highest BCUT2D eigenvalue weighted by Crippen LogP contribution is 2.44. The highest BCUT2D eigenvalue weighted by atomic mass is 16.7. The standard InChI is InChI=1S/C25H33NO6/c1-30-25(29)18-8-6-17(7-9-18)20-14-22(32-23(15-20)31-11-3-2-10-27)24(28)26-21-13-16-4-5-19(21)12-16/h6-9,14,16,19-21,23,27H,2-5,10-13,15H2,1H3,(H,26,28)/t16?,19?,20-,21?,23+/m0/s1. The summed E-state index contributed by atoms with van der Waals surface area (Å²) in [6.45, 7) is 0.585. The van der Waals surface area contributed by atoms with Gasteiger partial charge in [0.05, 0.1) is 19.3 Å². The van der Waals surface area contributed by atoms with E-state index in [2.05, 4.69) is 5.32 Å². The average Bonchev–Trinajstić information content (AvgIpc) is 3.44. The van der Waals surface area contributed by atoms with Crippen molar-refractivity contribution >= 4 is 11.9 Å². The topological polar surface area (TPSA) is 94.1 Å². The van der Waals surface area contributed by atoms with Gasteiger partial charge >= 0.3 is 5.97 Å². The lowest BCUT2D eigenvalue weighted by atomic mass is 9.91. The Morgan fingerprint density at radius 2 is 1.94 bits per heavy atom. The summed E-state index contributed by atoms with van der Waals surface area (Å²) in [7, 11) is 1.36. The number of methoxy groups -OCH3 is 1. The summed E-state index contributed by atoms with van der Waals surface area (Å²) in [6.07, 6.45) is 8.05. The molecule has 0 radical (unpaired) electrons. The fourth-order valence-corrected chi connectivity index (χ4v) is 5.22. The largest absolute Gasteiger partial charge is 0.465 e. The molecule has 1 aliphatic heterocycles. The molecule has 2 fully saturated rings. The molecule has 3 aliphatic rings. The lowest BCUT2D eigenvalue weighted by molar-refractivity contribution is -0.147. The average molecular weight is 444 g/mol. The van der Waals surface area contributed by atoms with Crippen molar-refractivity contribution in [1.29, 1.82) is 0 Å². The van der Waals surface area contributed by atoms with Gasteiger partial charge in [-0.1, -0.05) is 18.6 Å². The molecule has 3 unspecified atom stereocenters. The number of ether oxygens (including phenoxy) is 3. The van der Waals surface area contributed by atoms with Crippen LogP contribution in [-0.4, -0.2) is 49.6 Å². The van der Waals surface area contributed by atoms with Crippen LogP contribution in [-0.2, 0) is 19.0 Å². The number of benzene rings is 1. The van der Waals surface area contributed by atoms with Crippen LogP contribution >= 0.6 is 0 Å². The molecule has 174 valence electrons. The van der Waals surface area contributed by atoms with Crippen LogP contribution in [0.15, 0.2) is 36.1 Å². The molecule has 1 heterocycles. The minimum atomic E-state index is -0.537. The third kappa shape index (κ3) is 5.33. The number of carbonyl (C=O) groups excluding carboxylic acids is 2. The van der Waals surface area contributed by atoms with Gasteiger partial charge in [0.15, 0.2) is 5.76 Å². The number of rotatable bonds is 9.